The van der Waals surface area contributed by atoms with Crippen LogP contribution >= 0.6 is 0 Å². The largest absolute Gasteiger partial charge is 0.493 e. The highest BCUT2D eigenvalue weighted by Crippen LogP contribution is 2.21. The number of amides is 1. The molecule has 0 aliphatic carbocycles. The lowest BCUT2D eigenvalue weighted by Crippen LogP contribution is -2.41. The Morgan fingerprint density at radius 1 is 1.27 bits per heavy atom. The summed E-state index contributed by atoms with van der Waals surface area (Å²) < 4.78 is 29.1. The Morgan fingerprint density at radius 2 is 1.96 bits per heavy atom. The van der Waals surface area contributed by atoms with E-state index in [0.29, 0.717) is 25.5 Å². The molecule has 1 aromatic carbocycles. The minimum atomic E-state index is -2.95. The predicted molar refractivity (Wildman–Crippen MR) is 103 cm³/mol. The number of benzene rings is 1. The fourth-order valence-corrected chi connectivity index (χ4v) is 4.77. The van der Waals surface area contributed by atoms with Gasteiger partial charge in [0.15, 0.2) is 9.84 Å². The van der Waals surface area contributed by atoms with Crippen molar-refractivity contribution >= 4 is 15.7 Å². The first-order valence-corrected chi connectivity index (χ1v) is 10.9. The number of para-hydroxylation sites is 1. The van der Waals surface area contributed by atoms with Crippen LogP contribution in [0.5, 0.6) is 5.75 Å². The average molecular weight is 383 g/mol. The molecule has 0 N–H and O–H groups in total. The molecule has 1 saturated heterocycles. The van der Waals surface area contributed by atoms with Crippen LogP contribution in [0.1, 0.15) is 25.8 Å². The Bertz CT molecular complexity index is 718. The Morgan fingerprint density at radius 3 is 2.58 bits per heavy atom. The van der Waals surface area contributed by atoms with Crippen molar-refractivity contribution in [3.05, 3.63) is 29.8 Å². The first-order valence-electron chi connectivity index (χ1n) is 9.03. The topological polar surface area (TPSA) is 66.9 Å². The predicted octanol–water partition coefficient (Wildman–Crippen LogP) is 1.80. The third-order valence-corrected chi connectivity index (χ3v) is 6.34. The number of hydrogen-bond acceptors (Lipinski definition) is 5. The van der Waals surface area contributed by atoms with Crippen LogP contribution in [0.2, 0.25) is 0 Å². The standard InChI is InChI=1S/C19H30N2O4S/c1-15(2)13-25-18-8-6-5-7-16(18)11-21(4)19(22)12-20(3)17-9-10-26(23,24)14-17/h5-8,15,17H,9-14H2,1-4H3. The molecule has 1 aliphatic heterocycles. The quantitative estimate of drug-likeness (QED) is 0.686. The van der Waals surface area contributed by atoms with Crippen LogP contribution in [0, 0.1) is 5.92 Å². The number of likely N-dealkylation sites (N-methyl/N-ethyl adjacent to an activating group) is 2. The van der Waals surface area contributed by atoms with Crippen molar-refractivity contribution in [2.24, 2.45) is 5.92 Å². The molecule has 1 atom stereocenters. The van der Waals surface area contributed by atoms with Gasteiger partial charge in [0.05, 0.1) is 24.7 Å². The highest BCUT2D eigenvalue weighted by Gasteiger charge is 2.31. The molecule has 1 unspecified atom stereocenters. The zero-order valence-corrected chi connectivity index (χ0v) is 17.0. The van der Waals surface area contributed by atoms with Crippen LogP contribution < -0.4 is 4.74 Å². The molecular formula is C19H30N2O4S. The monoisotopic (exact) mass is 382 g/mol. The number of sulfone groups is 1. The van der Waals surface area contributed by atoms with Gasteiger partial charge in [-0.1, -0.05) is 32.0 Å². The molecule has 7 heteroatoms. The van der Waals surface area contributed by atoms with Crippen LogP contribution in [0.15, 0.2) is 24.3 Å². The minimum Gasteiger partial charge on any atom is -0.493 e. The summed E-state index contributed by atoms with van der Waals surface area (Å²) in [5, 5.41) is 0. The molecule has 2 rings (SSSR count). The fraction of sp³-hybridized carbons (Fsp3) is 0.632. The van der Waals surface area contributed by atoms with Gasteiger partial charge >= 0.3 is 0 Å². The highest BCUT2D eigenvalue weighted by molar-refractivity contribution is 7.91. The zero-order valence-electron chi connectivity index (χ0n) is 16.1. The number of rotatable bonds is 8. The van der Waals surface area contributed by atoms with Crippen LogP contribution in [-0.2, 0) is 21.2 Å². The first-order chi connectivity index (χ1) is 12.2. The van der Waals surface area contributed by atoms with Crippen molar-refractivity contribution in [1.29, 1.82) is 0 Å². The van der Waals surface area contributed by atoms with E-state index in [1.54, 1.807) is 11.9 Å². The molecule has 0 bridgehead atoms. The van der Waals surface area contributed by atoms with E-state index in [-0.39, 0.29) is 30.0 Å². The van der Waals surface area contributed by atoms with Gasteiger partial charge in [0.25, 0.3) is 0 Å². The maximum atomic E-state index is 12.5. The molecule has 1 heterocycles. The van der Waals surface area contributed by atoms with E-state index in [9.17, 15) is 13.2 Å². The summed E-state index contributed by atoms with van der Waals surface area (Å²) in [5.74, 6) is 1.56. The van der Waals surface area contributed by atoms with Gasteiger partial charge in [0.2, 0.25) is 5.91 Å². The van der Waals surface area contributed by atoms with E-state index in [1.165, 1.54) is 0 Å². The van der Waals surface area contributed by atoms with E-state index >= 15 is 0 Å². The summed E-state index contributed by atoms with van der Waals surface area (Å²) in [4.78, 5) is 16.1. The molecule has 1 amide bonds. The Balaban J connectivity index is 1.93. The molecule has 146 valence electrons. The van der Waals surface area contributed by atoms with Crippen LogP contribution in [-0.4, -0.2) is 68.9 Å². The summed E-state index contributed by atoms with van der Waals surface area (Å²) in [7, 11) is 0.634. The van der Waals surface area contributed by atoms with Gasteiger partial charge in [-0.05, 0) is 25.5 Å². The molecule has 6 nitrogen and oxygen atoms in total. The number of carbonyl (C=O) groups is 1. The van der Waals surface area contributed by atoms with Gasteiger partial charge in [-0.3, -0.25) is 9.69 Å². The lowest BCUT2D eigenvalue weighted by atomic mass is 10.2. The second kappa shape index (κ2) is 8.86. The normalized spacial score (nSPS) is 19.1. The van der Waals surface area contributed by atoms with Gasteiger partial charge in [-0.2, -0.15) is 0 Å². The van der Waals surface area contributed by atoms with Gasteiger partial charge in [-0.25, -0.2) is 8.42 Å². The summed E-state index contributed by atoms with van der Waals surface area (Å²) >= 11 is 0. The molecule has 0 spiro atoms. The second-order valence-electron chi connectivity index (χ2n) is 7.53. The number of hydrogen-bond donors (Lipinski definition) is 0. The lowest BCUT2D eigenvalue weighted by Gasteiger charge is -2.26. The average Bonchev–Trinajstić information content (AvgIpc) is 2.94. The van der Waals surface area contributed by atoms with Crippen molar-refractivity contribution in [2.45, 2.75) is 32.9 Å². The smallest absolute Gasteiger partial charge is 0.236 e. The molecule has 1 fully saturated rings. The van der Waals surface area contributed by atoms with Gasteiger partial charge < -0.3 is 9.64 Å². The summed E-state index contributed by atoms with van der Waals surface area (Å²) in [6.07, 6.45) is 0.599. The number of nitrogens with zero attached hydrogens (tertiary/aromatic N) is 2. The molecule has 0 aromatic heterocycles. The van der Waals surface area contributed by atoms with E-state index < -0.39 is 9.84 Å². The van der Waals surface area contributed by atoms with Crippen molar-refractivity contribution in [2.75, 3.05) is 38.8 Å². The number of ether oxygens (including phenoxy) is 1. The van der Waals surface area contributed by atoms with E-state index in [4.69, 9.17) is 4.74 Å². The molecule has 1 aromatic rings. The minimum absolute atomic E-state index is 0.0320. The van der Waals surface area contributed by atoms with Gasteiger partial charge in [0.1, 0.15) is 5.75 Å². The summed E-state index contributed by atoms with van der Waals surface area (Å²) in [6.45, 7) is 5.50. The molecule has 26 heavy (non-hydrogen) atoms. The summed E-state index contributed by atoms with van der Waals surface area (Å²) in [5.41, 5.74) is 0.968. The Labute approximate surface area is 157 Å². The van der Waals surface area contributed by atoms with E-state index in [0.717, 1.165) is 11.3 Å². The van der Waals surface area contributed by atoms with E-state index in [2.05, 4.69) is 13.8 Å². The Kier molecular flexibility index (Phi) is 7.06. The van der Waals surface area contributed by atoms with Crippen LogP contribution in [0.4, 0.5) is 0 Å². The molecule has 0 saturated carbocycles. The SMILES string of the molecule is CC(C)COc1ccccc1CN(C)C(=O)CN(C)C1CCS(=O)(=O)C1. The molecule has 0 radical (unpaired) electrons. The Hall–Kier alpha value is -1.60. The number of carbonyl (C=O) groups excluding carboxylic acids is 1. The van der Waals surface area contributed by atoms with Crippen molar-refractivity contribution in [1.82, 2.24) is 9.80 Å². The maximum Gasteiger partial charge on any atom is 0.236 e. The molecule has 1 aliphatic rings. The lowest BCUT2D eigenvalue weighted by molar-refractivity contribution is -0.131. The van der Waals surface area contributed by atoms with Crippen LogP contribution in [0.3, 0.4) is 0 Å². The second-order valence-corrected chi connectivity index (χ2v) is 9.76. The first kappa shape index (κ1) is 20.7. The van der Waals surface area contributed by atoms with E-state index in [1.807, 2.05) is 36.2 Å². The molecular weight excluding hydrogens is 352 g/mol. The zero-order chi connectivity index (χ0) is 19.3. The third-order valence-electron chi connectivity index (χ3n) is 4.59. The third kappa shape index (κ3) is 5.99. The van der Waals surface area contributed by atoms with Crippen molar-refractivity contribution < 1.29 is 17.9 Å². The van der Waals surface area contributed by atoms with Gasteiger partial charge in [-0.15, -0.1) is 0 Å². The van der Waals surface area contributed by atoms with Crippen molar-refractivity contribution in [3.8, 4) is 5.75 Å². The van der Waals surface area contributed by atoms with Crippen molar-refractivity contribution in [3.63, 3.8) is 0 Å². The highest BCUT2D eigenvalue weighted by atomic mass is 32.2. The maximum absolute atomic E-state index is 12.5. The summed E-state index contributed by atoms with van der Waals surface area (Å²) in [6, 6.07) is 7.68. The fourth-order valence-electron chi connectivity index (χ4n) is 2.96. The van der Waals surface area contributed by atoms with Crippen LogP contribution in [0.25, 0.3) is 0 Å². The van der Waals surface area contributed by atoms with Gasteiger partial charge in [0, 0.05) is 25.2 Å².